The molecule has 12 heteroatoms. The number of hydrogen-bond donors (Lipinski definition) is 0. The summed E-state index contributed by atoms with van der Waals surface area (Å²) in [7, 11) is 1.23. The van der Waals surface area contributed by atoms with E-state index in [2.05, 4.69) is 0 Å². The number of aromatic nitrogens is 1. The van der Waals surface area contributed by atoms with E-state index in [9.17, 15) is 30.9 Å². The molecular weight excluding hydrogens is 710 g/mol. The minimum Gasteiger partial charge on any atom is -0.383 e. The minimum atomic E-state index is -4.53. The Morgan fingerprint density at radius 2 is 1.64 bits per heavy atom. The molecule has 1 amide bonds. The van der Waals surface area contributed by atoms with Gasteiger partial charge < -0.3 is 19.1 Å². The third kappa shape index (κ3) is 8.83. The Kier molecular flexibility index (Phi) is 9.39. The van der Waals surface area contributed by atoms with Gasteiger partial charge in [-0.2, -0.15) is 13.2 Å². The highest BCUT2D eigenvalue weighted by molar-refractivity contribution is 7.98. The largest absolute Gasteiger partial charge is 0.416 e. The van der Waals surface area contributed by atoms with Crippen molar-refractivity contribution in [1.29, 1.82) is 0 Å². The Balaban J connectivity index is 1.45. The van der Waals surface area contributed by atoms with Gasteiger partial charge in [-0.15, -0.1) is 11.8 Å². The lowest BCUT2D eigenvalue weighted by Crippen LogP contribution is -2.49. The summed E-state index contributed by atoms with van der Waals surface area (Å²) in [5.41, 5.74) is -3.99. The summed E-state index contributed by atoms with van der Waals surface area (Å²) in [4.78, 5) is 31.5. The fourth-order valence-corrected chi connectivity index (χ4v) is 7.03. The molecule has 5 aromatic rings. The molecule has 0 spiro atoms. The van der Waals surface area contributed by atoms with Crippen LogP contribution in [-0.2, 0) is 27.9 Å². The maximum atomic E-state index is 15.2. The van der Waals surface area contributed by atoms with Crippen LogP contribution >= 0.6 is 11.8 Å². The molecule has 0 bridgehead atoms. The summed E-state index contributed by atoms with van der Waals surface area (Å²) in [6.07, 6.45) is -4.21. The van der Waals surface area contributed by atoms with Crippen molar-refractivity contribution in [3.63, 3.8) is 0 Å². The van der Waals surface area contributed by atoms with E-state index in [0.717, 1.165) is 45.9 Å². The molecule has 1 fully saturated rings. The van der Waals surface area contributed by atoms with Crippen LogP contribution in [0, 0.1) is 11.6 Å². The molecule has 1 unspecified atom stereocenters. The highest BCUT2D eigenvalue weighted by atomic mass is 32.2. The molecule has 53 heavy (non-hydrogen) atoms. The average molecular weight is 757 g/mol. The molecule has 6 nitrogen and oxygen atoms in total. The second-order valence-electron chi connectivity index (χ2n) is 12.4. The number of pyridine rings is 1. The first-order chi connectivity index (χ1) is 28.0. The van der Waals surface area contributed by atoms with Gasteiger partial charge in [-0.05, 0) is 66.8 Å². The summed E-state index contributed by atoms with van der Waals surface area (Å²) in [6.45, 7) is -3.44. The van der Waals surface area contributed by atoms with Crippen LogP contribution in [0.3, 0.4) is 0 Å². The zero-order valence-electron chi connectivity index (χ0n) is 35.7. The fourth-order valence-electron chi connectivity index (χ4n) is 6.26. The van der Waals surface area contributed by atoms with E-state index in [1.165, 1.54) is 62.6 Å². The Morgan fingerprint density at radius 1 is 0.981 bits per heavy atom. The van der Waals surface area contributed by atoms with Gasteiger partial charge in [0.15, 0.2) is 17.1 Å². The summed E-state index contributed by atoms with van der Waals surface area (Å²) >= 11 is 0.198. The molecule has 1 aromatic heterocycles. The zero-order chi connectivity index (χ0) is 44.0. The quantitative estimate of drug-likeness (QED) is 0.0941. The number of rotatable bonds is 12. The number of thioether (sulfide) groups is 1. The summed E-state index contributed by atoms with van der Waals surface area (Å²) in [5, 5.41) is -0.467. The van der Waals surface area contributed by atoms with Gasteiger partial charge in [-0.1, -0.05) is 60.7 Å². The van der Waals surface area contributed by atoms with Gasteiger partial charge in [0.25, 0.3) is 0 Å². The lowest BCUT2D eigenvalue weighted by Gasteiger charge is -2.42. The van der Waals surface area contributed by atoms with Crippen molar-refractivity contribution in [3.05, 3.63) is 136 Å². The highest BCUT2D eigenvalue weighted by Crippen LogP contribution is 2.34. The number of fused-ring (bicyclic) bond motifs is 1. The van der Waals surface area contributed by atoms with E-state index in [4.69, 9.17) is 10.2 Å². The van der Waals surface area contributed by atoms with Gasteiger partial charge in [0, 0.05) is 58.2 Å². The molecule has 1 atom stereocenters. The number of nitrogens with zero attached hydrogens (tertiary/aromatic N) is 3. The molecular formula is C41H40F5N3O3S. The molecule has 278 valence electrons. The van der Waals surface area contributed by atoms with Crippen molar-refractivity contribution >= 4 is 28.6 Å². The molecule has 4 aromatic carbocycles. The first-order valence-corrected chi connectivity index (χ1v) is 17.5. The topological polar surface area (TPSA) is 54.8 Å². The maximum absolute atomic E-state index is 15.2. The van der Waals surface area contributed by atoms with Crippen LogP contribution in [0.25, 0.3) is 22.0 Å². The molecule has 6 rings (SSSR count). The smallest absolute Gasteiger partial charge is 0.383 e. The molecule has 0 radical (unpaired) electrons. The Morgan fingerprint density at radius 3 is 2.30 bits per heavy atom. The molecule has 0 N–H and O–H groups in total. The van der Waals surface area contributed by atoms with Gasteiger partial charge in [0.2, 0.25) is 5.91 Å². The van der Waals surface area contributed by atoms with Crippen molar-refractivity contribution < 1.29 is 41.1 Å². The van der Waals surface area contributed by atoms with Crippen molar-refractivity contribution in [2.24, 2.45) is 0 Å². The summed E-state index contributed by atoms with van der Waals surface area (Å²) < 4.78 is 137. The number of benzene rings is 4. The predicted octanol–water partition coefficient (Wildman–Crippen LogP) is 8.96. The number of piperidine rings is 1. The van der Waals surface area contributed by atoms with Gasteiger partial charge in [-0.25, -0.2) is 8.78 Å². The van der Waals surface area contributed by atoms with E-state index >= 15 is 4.79 Å². The van der Waals surface area contributed by atoms with Crippen LogP contribution in [0.15, 0.2) is 107 Å². The van der Waals surface area contributed by atoms with E-state index in [1.54, 1.807) is 17.0 Å². The molecule has 1 saturated heterocycles. The standard InChI is InChI=1S/C41H40F5N3O3S/c1-27(28-10-12-29(13-11-28)30-14-16-32(17-15-30)41(44,45)46)49(33-18-20-47(21-19-33)22-23-52-2)38(51)25-48-36-9-4-3-7-34(36)37(50)24-39(48)53-26-31-6-5-8-35(42)40(31)43/h3-17,24,27,33H,18-23,25-26H2,1-2H3/i23D2,25D2,26D2,27D. The number of hydrogen-bond acceptors (Lipinski definition) is 5. The van der Waals surface area contributed by atoms with Gasteiger partial charge >= 0.3 is 6.18 Å². The van der Waals surface area contributed by atoms with Crippen molar-refractivity contribution in [2.75, 3.05) is 33.3 Å². The number of carbonyl (C=O) groups excluding carboxylic acids is 1. The second kappa shape index (κ2) is 16.7. The van der Waals surface area contributed by atoms with Crippen molar-refractivity contribution in [3.8, 4) is 11.1 Å². The highest BCUT2D eigenvalue weighted by Gasteiger charge is 2.33. The molecule has 0 aliphatic carbocycles. The van der Waals surface area contributed by atoms with Crippen LogP contribution in [-0.4, -0.2) is 59.6 Å². The van der Waals surface area contributed by atoms with Crippen molar-refractivity contribution in [1.82, 2.24) is 14.4 Å². The van der Waals surface area contributed by atoms with Crippen LogP contribution < -0.4 is 5.43 Å². The van der Waals surface area contributed by atoms with E-state index < -0.39 is 76.1 Å². The monoisotopic (exact) mass is 756 g/mol. The first-order valence-electron chi connectivity index (χ1n) is 20.2. The number of carbonyl (C=O) groups is 1. The number of likely N-dealkylation sites (tertiary alicyclic amines) is 1. The van der Waals surface area contributed by atoms with Crippen LogP contribution in [0.1, 0.15) is 52.1 Å². The number of methoxy groups -OCH3 is 1. The predicted molar refractivity (Wildman–Crippen MR) is 198 cm³/mol. The van der Waals surface area contributed by atoms with E-state index in [0.29, 0.717) is 11.1 Å². The van der Waals surface area contributed by atoms with Crippen LogP contribution in [0.5, 0.6) is 0 Å². The normalized spacial score (nSPS) is 18.1. The van der Waals surface area contributed by atoms with Gasteiger partial charge in [-0.3, -0.25) is 9.59 Å². The first kappa shape index (κ1) is 29.9. The second-order valence-corrected chi connectivity index (χ2v) is 13.2. The summed E-state index contributed by atoms with van der Waals surface area (Å²) in [6, 6.07) is 17.3. The van der Waals surface area contributed by atoms with Gasteiger partial charge in [0.05, 0.1) is 35.5 Å². The number of alkyl halides is 3. The van der Waals surface area contributed by atoms with E-state index in [-0.39, 0.29) is 60.7 Å². The zero-order valence-corrected chi connectivity index (χ0v) is 29.5. The lowest BCUT2D eigenvalue weighted by molar-refractivity contribution is -0.138. The Labute approximate surface area is 319 Å². The third-order valence-electron chi connectivity index (χ3n) is 9.09. The molecule has 2 heterocycles. The SMILES string of the molecule is [2H]C([2H])(CN1CCC(N(C(=O)C([2H])([2H])n2c(SC([2H])([2H])c3cccc(F)c3F)cc(=O)c3ccccc32)C([2H])(C)c2ccc(-c3ccc(C(F)(F)F)cc3)cc2)CC1)OC. The lowest BCUT2D eigenvalue weighted by atomic mass is 9.96. The summed E-state index contributed by atoms with van der Waals surface area (Å²) in [5.74, 6) is -4.08. The molecule has 1 aliphatic rings. The number of ether oxygens (including phenoxy) is 1. The third-order valence-corrected chi connectivity index (χ3v) is 9.92. The average Bonchev–Trinajstić information content (AvgIpc) is 3.19. The molecule has 0 saturated carbocycles. The van der Waals surface area contributed by atoms with E-state index in [1.807, 2.05) is 0 Å². The Bertz CT molecular complexity index is 2430. The Hall–Kier alpha value is -4.52. The fraction of sp³-hybridized carbons (Fsp3) is 0.317. The number of halogens is 5. The number of amides is 1. The van der Waals surface area contributed by atoms with Gasteiger partial charge in [0.1, 0.15) is 6.50 Å². The van der Waals surface area contributed by atoms with Crippen molar-refractivity contribution in [2.45, 2.75) is 55.2 Å². The maximum Gasteiger partial charge on any atom is 0.416 e. The number of para-hydroxylation sites is 1. The van der Waals surface area contributed by atoms with Crippen LogP contribution in [0.4, 0.5) is 22.0 Å². The van der Waals surface area contributed by atoms with Crippen LogP contribution in [0.2, 0.25) is 0 Å². The minimum absolute atomic E-state index is 0.0317. The molecule has 1 aliphatic heterocycles.